The molecule has 0 bridgehead atoms. The van der Waals surface area contributed by atoms with Crippen LogP contribution in [-0.4, -0.2) is 39.0 Å². The standard InChI is InChI=1S/C20H25F3O4/c21-20(22,23)17(25)8-7-16(24)18(26)15-6-4-5-14(13-15)9-12-19(27)10-2-1-3-11-19/h4-6,9,12-13,16,18,24,26-27H,1-3,7-8,10-11H2/b12-9+/t16-,18-/m0/s1. The SMILES string of the molecule is O=C(CC[C@H](O)[C@@H](O)c1cccc(/C=C/C2(O)CCCCC2)c1)C(F)(F)F. The number of hydrogen-bond acceptors (Lipinski definition) is 4. The molecule has 3 N–H and O–H groups in total. The summed E-state index contributed by atoms with van der Waals surface area (Å²) in [5, 5.41) is 30.6. The van der Waals surface area contributed by atoms with Gasteiger partial charge in [-0.3, -0.25) is 4.79 Å². The summed E-state index contributed by atoms with van der Waals surface area (Å²) in [6.45, 7) is 0. The van der Waals surface area contributed by atoms with Gasteiger partial charge in [-0.25, -0.2) is 0 Å². The second-order valence-electron chi connectivity index (χ2n) is 7.14. The highest BCUT2D eigenvalue weighted by atomic mass is 19.4. The quantitative estimate of drug-likeness (QED) is 0.668. The number of ketones is 1. The van der Waals surface area contributed by atoms with Crippen molar-refractivity contribution in [2.75, 3.05) is 0 Å². The molecule has 7 heteroatoms. The molecule has 4 nitrogen and oxygen atoms in total. The summed E-state index contributed by atoms with van der Waals surface area (Å²) in [7, 11) is 0. The van der Waals surface area contributed by atoms with Gasteiger partial charge in [-0.2, -0.15) is 13.2 Å². The molecule has 2 rings (SSSR count). The van der Waals surface area contributed by atoms with E-state index in [1.807, 2.05) is 0 Å². The second kappa shape index (κ2) is 8.99. The molecule has 150 valence electrons. The highest BCUT2D eigenvalue weighted by Gasteiger charge is 2.38. The minimum Gasteiger partial charge on any atom is -0.390 e. The predicted octanol–water partition coefficient (Wildman–Crippen LogP) is 3.70. The number of hydrogen-bond donors (Lipinski definition) is 3. The first-order valence-corrected chi connectivity index (χ1v) is 9.08. The second-order valence-corrected chi connectivity index (χ2v) is 7.14. The van der Waals surface area contributed by atoms with Gasteiger partial charge in [-0.1, -0.05) is 49.6 Å². The minimum atomic E-state index is -4.94. The smallest absolute Gasteiger partial charge is 0.390 e. The van der Waals surface area contributed by atoms with Gasteiger partial charge in [0, 0.05) is 6.42 Å². The Balaban J connectivity index is 1.99. The first-order chi connectivity index (χ1) is 12.6. The van der Waals surface area contributed by atoms with Crippen molar-refractivity contribution in [2.24, 2.45) is 0 Å². The molecule has 27 heavy (non-hydrogen) atoms. The van der Waals surface area contributed by atoms with E-state index < -0.39 is 42.6 Å². The molecule has 0 spiro atoms. The van der Waals surface area contributed by atoms with Crippen LogP contribution in [0.5, 0.6) is 0 Å². The Morgan fingerprint density at radius 2 is 1.85 bits per heavy atom. The van der Waals surface area contributed by atoms with Crippen molar-refractivity contribution in [1.29, 1.82) is 0 Å². The lowest BCUT2D eigenvalue weighted by molar-refractivity contribution is -0.171. The van der Waals surface area contributed by atoms with E-state index in [0.29, 0.717) is 24.0 Å². The minimum absolute atomic E-state index is 0.333. The Bertz CT molecular complexity index is 663. The molecule has 0 aromatic heterocycles. The zero-order chi connectivity index (χ0) is 20.1. The Morgan fingerprint density at radius 3 is 2.48 bits per heavy atom. The van der Waals surface area contributed by atoms with E-state index in [-0.39, 0.29) is 0 Å². The van der Waals surface area contributed by atoms with E-state index in [1.54, 1.807) is 36.4 Å². The van der Waals surface area contributed by atoms with Crippen LogP contribution in [0.4, 0.5) is 13.2 Å². The maximum atomic E-state index is 12.2. The average Bonchev–Trinajstić information content (AvgIpc) is 2.63. The van der Waals surface area contributed by atoms with Gasteiger partial charge >= 0.3 is 6.18 Å². The lowest BCUT2D eigenvalue weighted by atomic mass is 9.84. The van der Waals surface area contributed by atoms with Crippen molar-refractivity contribution >= 4 is 11.9 Å². The molecular weight excluding hydrogens is 361 g/mol. The molecular formula is C20H25F3O4. The van der Waals surface area contributed by atoms with Crippen LogP contribution in [-0.2, 0) is 4.79 Å². The summed E-state index contributed by atoms with van der Waals surface area (Å²) >= 11 is 0. The zero-order valence-electron chi connectivity index (χ0n) is 15.0. The lowest BCUT2D eigenvalue weighted by Crippen LogP contribution is -2.28. The van der Waals surface area contributed by atoms with Crippen LogP contribution in [0.15, 0.2) is 30.3 Å². The lowest BCUT2D eigenvalue weighted by Gasteiger charge is -2.28. The Hall–Kier alpha value is -1.70. The number of Topliss-reactive ketones (excluding diaryl/α,β-unsaturated/α-hetero) is 1. The highest BCUT2D eigenvalue weighted by molar-refractivity contribution is 5.83. The normalized spacial score (nSPS) is 19.8. The van der Waals surface area contributed by atoms with Gasteiger partial charge in [0.05, 0.1) is 11.7 Å². The Morgan fingerprint density at radius 1 is 1.19 bits per heavy atom. The van der Waals surface area contributed by atoms with Crippen LogP contribution in [0.25, 0.3) is 6.08 Å². The number of halogens is 3. The van der Waals surface area contributed by atoms with Gasteiger partial charge in [0.25, 0.3) is 0 Å². The maximum Gasteiger partial charge on any atom is 0.449 e. The van der Waals surface area contributed by atoms with E-state index in [1.165, 1.54) is 0 Å². The summed E-state index contributed by atoms with van der Waals surface area (Å²) in [5.74, 6) is -1.92. The van der Waals surface area contributed by atoms with Gasteiger partial charge in [0.15, 0.2) is 0 Å². The fraction of sp³-hybridized carbons (Fsp3) is 0.550. The molecule has 1 aliphatic carbocycles. The number of rotatable bonds is 7. The zero-order valence-corrected chi connectivity index (χ0v) is 15.0. The molecule has 1 aromatic carbocycles. The maximum absolute atomic E-state index is 12.2. The van der Waals surface area contributed by atoms with Gasteiger partial charge in [-0.05, 0) is 36.5 Å². The van der Waals surface area contributed by atoms with Crippen LogP contribution < -0.4 is 0 Å². The number of carbonyl (C=O) groups is 1. The molecule has 0 unspecified atom stereocenters. The predicted molar refractivity (Wildman–Crippen MR) is 94.8 cm³/mol. The van der Waals surface area contributed by atoms with Crippen LogP contribution >= 0.6 is 0 Å². The number of aliphatic hydroxyl groups is 3. The Labute approximate surface area is 156 Å². The fourth-order valence-electron chi connectivity index (χ4n) is 3.23. The van der Waals surface area contributed by atoms with Crippen LogP contribution in [0.3, 0.4) is 0 Å². The summed E-state index contributed by atoms with van der Waals surface area (Å²) < 4.78 is 36.7. The number of benzene rings is 1. The third kappa shape index (κ3) is 6.45. The molecule has 1 saturated carbocycles. The molecule has 1 fully saturated rings. The van der Waals surface area contributed by atoms with Crippen molar-refractivity contribution in [3.63, 3.8) is 0 Å². The third-order valence-electron chi connectivity index (χ3n) is 4.91. The van der Waals surface area contributed by atoms with E-state index in [9.17, 15) is 33.3 Å². The van der Waals surface area contributed by atoms with Gasteiger partial charge in [0.2, 0.25) is 5.78 Å². The summed E-state index contributed by atoms with van der Waals surface area (Å²) in [6, 6.07) is 6.56. The van der Waals surface area contributed by atoms with E-state index in [0.717, 1.165) is 19.3 Å². The topological polar surface area (TPSA) is 77.8 Å². The average molecular weight is 386 g/mol. The number of alkyl halides is 3. The molecule has 0 saturated heterocycles. The molecule has 0 heterocycles. The molecule has 0 amide bonds. The molecule has 2 atom stereocenters. The van der Waals surface area contributed by atoms with E-state index in [4.69, 9.17) is 0 Å². The van der Waals surface area contributed by atoms with Crippen molar-refractivity contribution in [2.45, 2.75) is 68.9 Å². The summed E-state index contributed by atoms with van der Waals surface area (Å²) in [5.41, 5.74) is 0.188. The number of carbonyl (C=O) groups excluding carboxylic acids is 1. The van der Waals surface area contributed by atoms with Crippen molar-refractivity contribution in [1.82, 2.24) is 0 Å². The van der Waals surface area contributed by atoms with Crippen molar-refractivity contribution < 1.29 is 33.3 Å². The summed E-state index contributed by atoms with van der Waals surface area (Å²) in [6.07, 6.45) is -1.32. The Kier molecular flexibility index (Phi) is 7.19. The molecule has 0 radical (unpaired) electrons. The van der Waals surface area contributed by atoms with Gasteiger partial charge < -0.3 is 15.3 Å². The fourth-order valence-corrected chi connectivity index (χ4v) is 3.23. The van der Waals surface area contributed by atoms with Crippen LogP contribution in [0.1, 0.15) is 62.2 Å². The monoisotopic (exact) mass is 386 g/mol. The van der Waals surface area contributed by atoms with Crippen LogP contribution in [0, 0.1) is 0 Å². The number of aliphatic hydroxyl groups excluding tert-OH is 2. The first-order valence-electron chi connectivity index (χ1n) is 9.08. The van der Waals surface area contributed by atoms with Gasteiger partial charge in [-0.15, -0.1) is 0 Å². The van der Waals surface area contributed by atoms with E-state index >= 15 is 0 Å². The highest BCUT2D eigenvalue weighted by Crippen LogP contribution is 2.30. The largest absolute Gasteiger partial charge is 0.449 e. The first kappa shape index (κ1) is 21.6. The van der Waals surface area contributed by atoms with Crippen molar-refractivity contribution in [3.8, 4) is 0 Å². The third-order valence-corrected chi connectivity index (χ3v) is 4.91. The van der Waals surface area contributed by atoms with Crippen molar-refractivity contribution in [3.05, 3.63) is 41.5 Å². The molecule has 0 aliphatic heterocycles. The molecule has 1 aliphatic rings. The van der Waals surface area contributed by atoms with E-state index in [2.05, 4.69) is 0 Å². The van der Waals surface area contributed by atoms with Crippen LogP contribution in [0.2, 0.25) is 0 Å². The van der Waals surface area contributed by atoms with Gasteiger partial charge in [0.1, 0.15) is 6.10 Å². The molecule has 1 aromatic rings. The summed E-state index contributed by atoms with van der Waals surface area (Å²) in [4.78, 5) is 10.9.